The van der Waals surface area contributed by atoms with Gasteiger partial charge in [-0.2, -0.15) is 4.68 Å². The van der Waals surface area contributed by atoms with E-state index in [0.717, 1.165) is 16.7 Å². The van der Waals surface area contributed by atoms with Crippen molar-refractivity contribution in [2.75, 3.05) is 11.9 Å². The van der Waals surface area contributed by atoms with Crippen LogP contribution in [0.1, 0.15) is 5.56 Å². The summed E-state index contributed by atoms with van der Waals surface area (Å²) in [5, 5.41) is 25.8. The fourth-order valence-electron chi connectivity index (χ4n) is 3.58. The lowest BCUT2D eigenvalue weighted by molar-refractivity contribution is -0.387. The van der Waals surface area contributed by atoms with Gasteiger partial charge < -0.3 is 5.32 Å². The van der Waals surface area contributed by atoms with Crippen molar-refractivity contribution in [1.82, 2.24) is 25.1 Å². The summed E-state index contributed by atoms with van der Waals surface area (Å²) in [5.41, 5.74) is 1.34. The molecule has 12 nitrogen and oxygen atoms in total. The second kappa shape index (κ2) is 11.3. The van der Waals surface area contributed by atoms with Crippen LogP contribution in [-0.2, 0) is 9.59 Å². The number of nitrogens with one attached hydrogen (secondary N) is 1. The zero-order chi connectivity index (χ0) is 27.4. The van der Waals surface area contributed by atoms with E-state index < -0.39 is 28.5 Å². The fraction of sp³-hybridized carbons (Fsp3) is 0.0400. The van der Waals surface area contributed by atoms with Crippen LogP contribution in [0, 0.1) is 10.1 Å². The molecule has 0 spiro atoms. The highest BCUT2D eigenvalue weighted by Gasteiger charge is 2.36. The molecule has 5 rings (SSSR count). The molecule has 1 saturated heterocycles. The summed E-state index contributed by atoms with van der Waals surface area (Å²) < 4.78 is 1.46. The molecule has 0 aliphatic carbocycles. The van der Waals surface area contributed by atoms with Gasteiger partial charge in [0.15, 0.2) is 0 Å². The minimum absolute atomic E-state index is 0.0511. The molecule has 14 heteroatoms. The van der Waals surface area contributed by atoms with Gasteiger partial charge in [-0.15, -0.1) is 5.10 Å². The van der Waals surface area contributed by atoms with Gasteiger partial charge in [-0.1, -0.05) is 42.5 Å². The van der Waals surface area contributed by atoms with E-state index in [1.807, 2.05) is 18.2 Å². The number of aromatic nitrogens is 4. The van der Waals surface area contributed by atoms with Crippen molar-refractivity contribution < 1.29 is 19.3 Å². The maximum atomic E-state index is 12.9. The Balaban J connectivity index is 1.34. The number of tetrazole rings is 1. The van der Waals surface area contributed by atoms with Crippen LogP contribution < -0.4 is 5.32 Å². The van der Waals surface area contributed by atoms with E-state index >= 15 is 0 Å². The molecule has 1 N–H and O–H groups in total. The zero-order valence-corrected chi connectivity index (χ0v) is 21.5. The number of carbonyl (C=O) groups excluding carboxylic acids is 3. The Morgan fingerprint density at radius 3 is 2.49 bits per heavy atom. The van der Waals surface area contributed by atoms with Crippen LogP contribution in [-0.4, -0.2) is 53.6 Å². The molecule has 1 aliphatic rings. The zero-order valence-electron chi connectivity index (χ0n) is 19.8. The number of carbonyl (C=O) groups is 3. The molecule has 3 aromatic carbocycles. The Morgan fingerprint density at radius 2 is 1.77 bits per heavy atom. The Bertz CT molecular complexity index is 1610. The molecule has 0 bridgehead atoms. The number of imide groups is 1. The SMILES string of the molecule is O=C(CN1C(=O)S/C(=C\c2ccc(Sc3nnnn3-c3ccccc3)c([N+](=O)[O-])c2)C1=O)Nc1ccccc1. The molecule has 0 saturated carbocycles. The van der Waals surface area contributed by atoms with Crippen LogP contribution in [0.3, 0.4) is 0 Å². The van der Waals surface area contributed by atoms with Crippen molar-refractivity contribution in [1.29, 1.82) is 0 Å². The van der Waals surface area contributed by atoms with Gasteiger partial charge in [0.25, 0.3) is 16.8 Å². The summed E-state index contributed by atoms with van der Waals surface area (Å²) in [4.78, 5) is 50.1. The summed E-state index contributed by atoms with van der Waals surface area (Å²) in [6.45, 7) is -0.456. The monoisotopic (exact) mass is 559 g/mol. The van der Waals surface area contributed by atoms with Crippen LogP contribution in [0.15, 0.2) is 93.8 Å². The lowest BCUT2D eigenvalue weighted by Crippen LogP contribution is -2.36. The molecule has 0 radical (unpaired) electrons. The van der Waals surface area contributed by atoms with Gasteiger partial charge in [-0.05, 0) is 75.9 Å². The van der Waals surface area contributed by atoms with Gasteiger partial charge in [0, 0.05) is 11.8 Å². The second-order valence-electron chi connectivity index (χ2n) is 7.98. The van der Waals surface area contributed by atoms with Gasteiger partial charge in [-0.3, -0.25) is 29.4 Å². The van der Waals surface area contributed by atoms with E-state index in [2.05, 4.69) is 20.8 Å². The molecule has 194 valence electrons. The first-order chi connectivity index (χ1) is 18.9. The molecule has 0 unspecified atom stereocenters. The lowest BCUT2D eigenvalue weighted by Gasteiger charge is -2.12. The maximum Gasteiger partial charge on any atom is 0.294 e. The van der Waals surface area contributed by atoms with Gasteiger partial charge in [0.05, 0.1) is 20.4 Å². The molecule has 3 amide bonds. The van der Waals surface area contributed by atoms with E-state index in [9.17, 15) is 24.5 Å². The average Bonchev–Trinajstić information content (AvgIpc) is 3.50. The van der Waals surface area contributed by atoms with Gasteiger partial charge in [-0.25, -0.2) is 0 Å². The Morgan fingerprint density at radius 1 is 1.05 bits per heavy atom. The van der Waals surface area contributed by atoms with Gasteiger partial charge in [0.1, 0.15) is 6.54 Å². The van der Waals surface area contributed by atoms with Crippen molar-refractivity contribution in [3.63, 3.8) is 0 Å². The largest absolute Gasteiger partial charge is 0.325 e. The van der Waals surface area contributed by atoms with Crippen LogP contribution in [0.2, 0.25) is 0 Å². The number of amides is 3. The molecule has 0 atom stereocenters. The molecule has 39 heavy (non-hydrogen) atoms. The number of rotatable bonds is 8. The van der Waals surface area contributed by atoms with E-state index in [4.69, 9.17) is 0 Å². The van der Waals surface area contributed by atoms with Crippen LogP contribution in [0.5, 0.6) is 0 Å². The van der Waals surface area contributed by atoms with Crippen molar-refractivity contribution in [3.8, 4) is 5.69 Å². The second-order valence-corrected chi connectivity index (χ2v) is 9.98. The van der Waals surface area contributed by atoms with Crippen molar-refractivity contribution in [2.24, 2.45) is 0 Å². The highest BCUT2D eigenvalue weighted by Crippen LogP contribution is 2.37. The number of nitrogens with zero attached hydrogens (tertiary/aromatic N) is 6. The number of hydrogen-bond donors (Lipinski definition) is 1. The standard InChI is InChI=1S/C25H17N7O5S2/c33-22(26-17-7-3-1-4-8-17)15-30-23(34)21(39-25(30)35)14-16-11-12-20(19(13-16)32(36)37)38-24-27-28-29-31(24)18-9-5-2-6-10-18/h1-14H,15H2,(H,26,33)/b21-14-. The van der Waals surface area contributed by atoms with Crippen LogP contribution in [0.4, 0.5) is 16.2 Å². The average molecular weight is 560 g/mol. The number of para-hydroxylation sites is 2. The third-order valence-corrected chi connectivity index (χ3v) is 7.26. The molecule has 1 aliphatic heterocycles. The van der Waals surface area contributed by atoms with E-state index in [0.29, 0.717) is 33.9 Å². The molecule has 2 heterocycles. The summed E-state index contributed by atoms with van der Waals surface area (Å²) in [7, 11) is 0. The number of thioether (sulfide) groups is 1. The van der Waals surface area contributed by atoms with Gasteiger partial charge >= 0.3 is 0 Å². The summed E-state index contributed by atoms with van der Waals surface area (Å²) in [6, 6.07) is 22.1. The van der Waals surface area contributed by atoms with E-state index in [1.165, 1.54) is 22.9 Å². The number of nitro groups is 1. The first kappa shape index (κ1) is 25.8. The molecule has 4 aromatic rings. The van der Waals surface area contributed by atoms with Crippen LogP contribution >= 0.6 is 23.5 Å². The summed E-state index contributed by atoms with van der Waals surface area (Å²) >= 11 is 1.68. The topological polar surface area (TPSA) is 153 Å². The normalized spacial score (nSPS) is 14.2. The highest BCUT2D eigenvalue weighted by atomic mass is 32.2. The summed E-state index contributed by atoms with van der Waals surface area (Å²) in [5.74, 6) is -1.18. The summed E-state index contributed by atoms with van der Waals surface area (Å²) in [6.07, 6.45) is 1.38. The number of benzene rings is 3. The first-order valence-electron chi connectivity index (χ1n) is 11.3. The number of nitro benzene ring substituents is 1. The Hall–Kier alpha value is -4.82. The predicted octanol–water partition coefficient (Wildman–Crippen LogP) is 4.40. The third-order valence-electron chi connectivity index (χ3n) is 5.35. The number of hydrogen-bond acceptors (Lipinski definition) is 10. The predicted molar refractivity (Wildman–Crippen MR) is 144 cm³/mol. The van der Waals surface area contributed by atoms with Crippen molar-refractivity contribution >= 4 is 58.0 Å². The molecule has 1 aromatic heterocycles. The Kier molecular flexibility index (Phi) is 7.47. The third kappa shape index (κ3) is 5.86. The minimum atomic E-state index is -0.656. The van der Waals surface area contributed by atoms with Gasteiger partial charge in [0.2, 0.25) is 11.1 Å². The van der Waals surface area contributed by atoms with Crippen molar-refractivity contribution in [2.45, 2.75) is 10.1 Å². The number of anilines is 1. The highest BCUT2D eigenvalue weighted by molar-refractivity contribution is 8.18. The molecular formula is C25H17N7O5S2. The van der Waals surface area contributed by atoms with E-state index in [1.54, 1.807) is 48.5 Å². The first-order valence-corrected chi connectivity index (χ1v) is 12.9. The maximum absolute atomic E-state index is 12.9. The quantitative estimate of drug-likeness (QED) is 0.187. The Labute approximate surface area is 229 Å². The molecule has 1 fully saturated rings. The smallest absolute Gasteiger partial charge is 0.294 e. The molecular weight excluding hydrogens is 542 g/mol. The lowest BCUT2D eigenvalue weighted by atomic mass is 10.2. The van der Waals surface area contributed by atoms with Crippen LogP contribution in [0.25, 0.3) is 11.8 Å². The fourth-order valence-corrected chi connectivity index (χ4v) is 5.29. The minimum Gasteiger partial charge on any atom is -0.325 e. The van der Waals surface area contributed by atoms with Crippen molar-refractivity contribution in [3.05, 3.63) is 99.4 Å². The van der Waals surface area contributed by atoms with E-state index in [-0.39, 0.29) is 15.5 Å².